The SMILES string of the molecule is NCCOCCOCCOCCNC(=O)OCC1C=C1. The summed E-state index contributed by atoms with van der Waals surface area (Å²) < 4.78 is 20.6. The molecule has 0 aliphatic heterocycles. The molecule has 0 aromatic rings. The lowest BCUT2D eigenvalue weighted by Crippen LogP contribution is -2.29. The van der Waals surface area contributed by atoms with Crippen LogP contribution in [0.25, 0.3) is 0 Å². The molecule has 0 radical (unpaired) electrons. The lowest BCUT2D eigenvalue weighted by molar-refractivity contribution is 0.0165. The van der Waals surface area contributed by atoms with E-state index in [1.54, 1.807) is 0 Å². The quantitative estimate of drug-likeness (QED) is 0.363. The molecule has 0 saturated heterocycles. The summed E-state index contributed by atoms with van der Waals surface area (Å²) >= 11 is 0. The molecule has 0 aromatic heterocycles. The predicted molar refractivity (Wildman–Crippen MR) is 73.5 cm³/mol. The molecule has 1 aliphatic rings. The third-order valence-electron chi connectivity index (χ3n) is 2.39. The molecule has 0 bridgehead atoms. The van der Waals surface area contributed by atoms with E-state index in [0.29, 0.717) is 65.3 Å². The van der Waals surface area contributed by atoms with Gasteiger partial charge in [0.2, 0.25) is 0 Å². The largest absolute Gasteiger partial charge is 0.449 e. The maximum absolute atomic E-state index is 11.2. The van der Waals surface area contributed by atoms with Crippen LogP contribution in [0.3, 0.4) is 0 Å². The summed E-state index contributed by atoms with van der Waals surface area (Å²) in [5, 5.41) is 2.60. The van der Waals surface area contributed by atoms with Crippen LogP contribution in [0.4, 0.5) is 4.79 Å². The smallest absolute Gasteiger partial charge is 0.407 e. The van der Waals surface area contributed by atoms with Gasteiger partial charge in [0, 0.05) is 19.0 Å². The number of amides is 1. The minimum absolute atomic E-state index is 0.336. The highest BCUT2D eigenvalue weighted by molar-refractivity contribution is 5.67. The molecule has 7 heteroatoms. The number of nitrogens with two attached hydrogens (primary N) is 1. The number of alkyl carbamates (subject to hydrolysis) is 1. The lowest BCUT2D eigenvalue weighted by atomic mass is 10.4. The minimum Gasteiger partial charge on any atom is -0.449 e. The van der Waals surface area contributed by atoms with Gasteiger partial charge in [0.25, 0.3) is 0 Å². The van der Waals surface area contributed by atoms with E-state index in [1.165, 1.54) is 0 Å². The Bertz CT molecular complexity index is 280. The van der Waals surface area contributed by atoms with Gasteiger partial charge in [-0.1, -0.05) is 12.2 Å². The van der Waals surface area contributed by atoms with Crippen molar-refractivity contribution in [2.75, 3.05) is 59.3 Å². The van der Waals surface area contributed by atoms with Gasteiger partial charge in [-0.3, -0.25) is 0 Å². The topological polar surface area (TPSA) is 92.0 Å². The van der Waals surface area contributed by atoms with E-state index in [0.717, 1.165) is 0 Å². The van der Waals surface area contributed by atoms with Crippen molar-refractivity contribution in [2.24, 2.45) is 11.7 Å². The molecule has 1 amide bonds. The highest BCUT2D eigenvalue weighted by atomic mass is 16.6. The van der Waals surface area contributed by atoms with Gasteiger partial charge in [-0.05, 0) is 0 Å². The third kappa shape index (κ3) is 10.7. The average molecular weight is 288 g/mol. The first-order valence-corrected chi connectivity index (χ1v) is 6.85. The maximum atomic E-state index is 11.2. The lowest BCUT2D eigenvalue weighted by Gasteiger charge is -2.08. The van der Waals surface area contributed by atoms with Crippen LogP contribution in [0.15, 0.2) is 12.2 Å². The van der Waals surface area contributed by atoms with Crippen LogP contribution in [-0.4, -0.2) is 65.4 Å². The van der Waals surface area contributed by atoms with Gasteiger partial charge in [-0.2, -0.15) is 0 Å². The van der Waals surface area contributed by atoms with Gasteiger partial charge < -0.3 is 30.0 Å². The second kappa shape index (κ2) is 11.7. The summed E-state index contributed by atoms with van der Waals surface area (Å²) in [6.07, 6.45) is 3.56. The molecule has 0 fully saturated rings. The zero-order valence-electron chi connectivity index (χ0n) is 11.7. The van der Waals surface area contributed by atoms with E-state index >= 15 is 0 Å². The first-order chi connectivity index (χ1) is 9.83. The van der Waals surface area contributed by atoms with Crippen LogP contribution in [0.1, 0.15) is 0 Å². The standard InChI is InChI=1S/C13H24N2O5/c14-3-5-17-7-9-19-10-8-18-6-4-15-13(16)20-11-12-1-2-12/h1-2,12H,3-11,14H2,(H,15,16). The van der Waals surface area contributed by atoms with Crippen LogP contribution < -0.4 is 11.1 Å². The van der Waals surface area contributed by atoms with Crippen molar-refractivity contribution < 1.29 is 23.7 Å². The second-order valence-electron chi connectivity index (χ2n) is 4.20. The number of rotatable bonds is 13. The Kier molecular flexibility index (Phi) is 9.85. The molecule has 0 unspecified atom stereocenters. The van der Waals surface area contributed by atoms with Crippen molar-refractivity contribution in [3.63, 3.8) is 0 Å². The molecule has 1 aliphatic carbocycles. The van der Waals surface area contributed by atoms with Crippen molar-refractivity contribution in [1.82, 2.24) is 5.32 Å². The van der Waals surface area contributed by atoms with Gasteiger partial charge in [-0.25, -0.2) is 4.79 Å². The monoisotopic (exact) mass is 288 g/mol. The Hall–Kier alpha value is -1.15. The highest BCUT2D eigenvalue weighted by Crippen LogP contribution is 2.14. The van der Waals surface area contributed by atoms with Crippen LogP contribution >= 0.6 is 0 Å². The second-order valence-corrected chi connectivity index (χ2v) is 4.20. The summed E-state index contributed by atoms with van der Waals surface area (Å²) in [7, 11) is 0. The van der Waals surface area contributed by atoms with E-state index in [1.807, 2.05) is 12.2 Å². The van der Waals surface area contributed by atoms with Gasteiger partial charge in [-0.15, -0.1) is 0 Å². The first-order valence-electron chi connectivity index (χ1n) is 6.85. The summed E-state index contributed by atoms with van der Waals surface area (Å²) in [4.78, 5) is 11.2. The normalized spacial score (nSPS) is 13.4. The summed E-state index contributed by atoms with van der Waals surface area (Å²) in [5.74, 6) is 0.336. The number of carbonyl (C=O) groups excluding carboxylic acids is 1. The Morgan fingerprint density at radius 3 is 2.20 bits per heavy atom. The molecule has 1 rings (SSSR count). The molecule has 116 valence electrons. The summed E-state index contributed by atoms with van der Waals surface area (Å²) in [6, 6.07) is 0. The molecule has 0 spiro atoms. The number of nitrogens with one attached hydrogen (secondary N) is 1. The number of ether oxygens (including phenoxy) is 4. The average Bonchev–Trinajstić information content (AvgIpc) is 3.27. The molecule has 0 heterocycles. The van der Waals surface area contributed by atoms with Crippen molar-refractivity contribution in [2.45, 2.75) is 0 Å². The fourth-order valence-electron chi connectivity index (χ4n) is 1.26. The molecule has 0 aromatic carbocycles. The number of hydrogen-bond acceptors (Lipinski definition) is 6. The predicted octanol–water partition coefficient (Wildman–Crippen LogP) is -0.0929. The van der Waals surface area contributed by atoms with Gasteiger partial charge in [0.15, 0.2) is 0 Å². The number of hydrogen-bond donors (Lipinski definition) is 2. The zero-order chi connectivity index (χ0) is 14.5. The first kappa shape index (κ1) is 16.9. The molecule has 7 nitrogen and oxygen atoms in total. The third-order valence-corrected chi connectivity index (χ3v) is 2.39. The van der Waals surface area contributed by atoms with Crippen molar-refractivity contribution in [3.05, 3.63) is 12.2 Å². The Morgan fingerprint density at radius 1 is 1.00 bits per heavy atom. The van der Waals surface area contributed by atoms with Crippen molar-refractivity contribution in [1.29, 1.82) is 0 Å². The highest BCUT2D eigenvalue weighted by Gasteiger charge is 2.12. The van der Waals surface area contributed by atoms with Gasteiger partial charge in [0.05, 0.1) is 39.6 Å². The molecular weight excluding hydrogens is 264 g/mol. The fourth-order valence-corrected chi connectivity index (χ4v) is 1.26. The van der Waals surface area contributed by atoms with E-state index in [-0.39, 0.29) is 0 Å². The molecule has 3 N–H and O–H groups in total. The van der Waals surface area contributed by atoms with Crippen LogP contribution in [0, 0.1) is 5.92 Å². The number of carbonyl (C=O) groups is 1. The molecule has 0 saturated carbocycles. The summed E-state index contributed by atoms with van der Waals surface area (Å²) in [5.41, 5.74) is 5.27. The zero-order valence-corrected chi connectivity index (χ0v) is 11.7. The van der Waals surface area contributed by atoms with Crippen molar-refractivity contribution >= 4 is 6.09 Å². The molecular formula is C13H24N2O5. The van der Waals surface area contributed by atoms with Crippen LogP contribution in [-0.2, 0) is 18.9 Å². The van der Waals surface area contributed by atoms with Gasteiger partial charge in [0.1, 0.15) is 6.61 Å². The molecule has 20 heavy (non-hydrogen) atoms. The van der Waals surface area contributed by atoms with Crippen LogP contribution in [0.5, 0.6) is 0 Å². The summed E-state index contributed by atoms with van der Waals surface area (Å²) in [6.45, 7) is 4.42. The Balaban J connectivity index is 1.70. The Labute approximate surface area is 119 Å². The molecule has 0 atom stereocenters. The van der Waals surface area contributed by atoms with E-state index in [2.05, 4.69) is 5.32 Å². The van der Waals surface area contributed by atoms with E-state index in [9.17, 15) is 4.79 Å². The van der Waals surface area contributed by atoms with Crippen LogP contribution in [0.2, 0.25) is 0 Å². The van der Waals surface area contributed by atoms with E-state index in [4.69, 9.17) is 24.7 Å². The maximum Gasteiger partial charge on any atom is 0.407 e. The van der Waals surface area contributed by atoms with E-state index < -0.39 is 6.09 Å². The minimum atomic E-state index is -0.407. The Morgan fingerprint density at radius 2 is 1.60 bits per heavy atom. The van der Waals surface area contributed by atoms with Crippen molar-refractivity contribution in [3.8, 4) is 0 Å². The van der Waals surface area contributed by atoms with Gasteiger partial charge >= 0.3 is 6.09 Å². The fraction of sp³-hybridized carbons (Fsp3) is 0.769.